The molecular formula is C25H26N2O5S. The Balaban J connectivity index is 1.61. The number of methoxy groups -OCH3 is 2. The average molecular weight is 467 g/mol. The van der Waals surface area contributed by atoms with Crippen molar-refractivity contribution in [2.45, 2.75) is 30.4 Å². The molecule has 8 heteroatoms. The Morgan fingerprint density at radius 3 is 2.36 bits per heavy atom. The molecule has 172 valence electrons. The second-order valence-corrected chi connectivity index (χ2v) is 9.64. The molecule has 0 radical (unpaired) electrons. The van der Waals surface area contributed by atoms with E-state index in [0.717, 1.165) is 16.7 Å². The topological polar surface area (TPSA) is 84.9 Å². The summed E-state index contributed by atoms with van der Waals surface area (Å²) >= 11 is 0. The smallest absolute Gasteiger partial charge is 0.244 e. The molecule has 0 saturated heterocycles. The second kappa shape index (κ2) is 9.64. The molecule has 0 bridgehead atoms. The normalized spacial score (nSPS) is 16.0. The fourth-order valence-electron chi connectivity index (χ4n) is 4.00. The van der Waals surface area contributed by atoms with Crippen molar-refractivity contribution in [3.8, 4) is 11.5 Å². The minimum absolute atomic E-state index is 0.136. The summed E-state index contributed by atoms with van der Waals surface area (Å²) < 4.78 is 38.9. The highest BCUT2D eigenvalue weighted by atomic mass is 32.2. The number of hydrogen-bond acceptors (Lipinski definition) is 5. The van der Waals surface area contributed by atoms with Crippen LogP contribution in [0.2, 0.25) is 0 Å². The Labute approximate surface area is 194 Å². The summed E-state index contributed by atoms with van der Waals surface area (Å²) in [5.74, 6) is 0.866. The lowest BCUT2D eigenvalue weighted by atomic mass is 9.95. The van der Waals surface area contributed by atoms with E-state index in [9.17, 15) is 13.2 Å². The molecule has 0 aliphatic carbocycles. The van der Waals surface area contributed by atoms with Gasteiger partial charge in [0.05, 0.1) is 19.1 Å². The summed E-state index contributed by atoms with van der Waals surface area (Å²) in [7, 11) is -0.756. The van der Waals surface area contributed by atoms with Crippen molar-refractivity contribution in [2.24, 2.45) is 0 Å². The molecule has 3 aromatic carbocycles. The summed E-state index contributed by atoms with van der Waals surface area (Å²) in [6.07, 6.45) is 0.299. The minimum Gasteiger partial charge on any atom is -0.497 e. The van der Waals surface area contributed by atoms with Crippen molar-refractivity contribution in [2.75, 3.05) is 14.2 Å². The van der Waals surface area contributed by atoms with Crippen LogP contribution < -0.4 is 14.8 Å². The Morgan fingerprint density at radius 2 is 1.67 bits per heavy atom. The SMILES string of the molecule is COc1ccc(CNC(=O)[C@@H]2Cc3ccccc3CN2S(=O)(=O)c2ccccc2)c(OC)c1. The Bertz CT molecular complexity index is 1240. The lowest BCUT2D eigenvalue weighted by molar-refractivity contribution is -0.125. The van der Waals surface area contributed by atoms with Crippen molar-refractivity contribution < 1.29 is 22.7 Å². The lowest BCUT2D eigenvalue weighted by Gasteiger charge is -2.35. The van der Waals surface area contributed by atoms with Crippen LogP contribution in [-0.4, -0.2) is 38.9 Å². The molecule has 1 aliphatic heterocycles. The van der Waals surface area contributed by atoms with Gasteiger partial charge in [0.2, 0.25) is 15.9 Å². The van der Waals surface area contributed by atoms with Gasteiger partial charge in [-0.3, -0.25) is 4.79 Å². The predicted octanol–water partition coefficient (Wildman–Crippen LogP) is 3.14. The molecule has 3 aromatic rings. The Hall–Kier alpha value is -3.36. The molecule has 0 fully saturated rings. The minimum atomic E-state index is -3.87. The number of nitrogens with one attached hydrogen (secondary N) is 1. The fourth-order valence-corrected chi connectivity index (χ4v) is 5.59. The summed E-state index contributed by atoms with van der Waals surface area (Å²) in [5, 5.41) is 2.90. The highest BCUT2D eigenvalue weighted by Crippen LogP contribution is 2.30. The third-order valence-corrected chi connectivity index (χ3v) is 7.67. The van der Waals surface area contributed by atoms with E-state index in [-0.39, 0.29) is 23.9 Å². The Morgan fingerprint density at radius 1 is 0.970 bits per heavy atom. The van der Waals surface area contributed by atoms with Crippen LogP contribution >= 0.6 is 0 Å². The maximum absolute atomic E-state index is 13.5. The predicted molar refractivity (Wildman–Crippen MR) is 124 cm³/mol. The number of hydrogen-bond donors (Lipinski definition) is 1. The van der Waals surface area contributed by atoms with Crippen LogP contribution in [0.4, 0.5) is 0 Å². The fraction of sp³-hybridized carbons (Fsp3) is 0.240. The van der Waals surface area contributed by atoms with Crippen molar-refractivity contribution in [3.05, 3.63) is 89.5 Å². The van der Waals surface area contributed by atoms with Crippen LogP contribution in [0.15, 0.2) is 77.7 Å². The number of amides is 1. The average Bonchev–Trinajstić information content (AvgIpc) is 2.86. The summed E-state index contributed by atoms with van der Waals surface area (Å²) in [6, 6.07) is 20.3. The quantitative estimate of drug-likeness (QED) is 0.578. The molecule has 1 N–H and O–H groups in total. The van der Waals surface area contributed by atoms with Crippen LogP contribution in [-0.2, 0) is 34.3 Å². The first-order chi connectivity index (χ1) is 15.9. The third kappa shape index (κ3) is 4.72. The number of ether oxygens (including phenoxy) is 2. The zero-order chi connectivity index (χ0) is 23.4. The van der Waals surface area contributed by atoms with Gasteiger partial charge >= 0.3 is 0 Å². The lowest BCUT2D eigenvalue weighted by Crippen LogP contribution is -2.52. The summed E-state index contributed by atoms with van der Waals surface area (Å²) in [6.45, 7) is 0.334. The van der Waals surface area contributed by atoms with Gasteiger partial charge in [-0.05, 0) is 41.8 Å². The maximum atomic E-state index is 13.5. The number of nitrogens with zero attached hydrogens (tertiary/aromatic N) is 1. The molecule has 33 heavy (non-hydrogen) atoms. The second-order valence-electron chi connectivity index (χ2n) is 7.75. The molecule has 0 aromatic heterocycles. The molecule has 1 aliphatic rings. The first-order valence-corrected chi connectivity index (χ1v) is 12.0. The van der Waals surface area contributed by atoms with Gasteiger partial charge in [-0.25, -0.2) is 8.42 Å². The standard InChI is InChI=1S/C25H26N2O5S/c1-31-21-13-12-19(24(15-21)32-2)16-26-25(28)23-14-18-8-6-7-9-20(18)17-27(23)33(29,30)22-10-4-3-5-11-22/h3-13,15,23H,14,16-17H2,1-2H3,(H,26,28)/t23-/m0/s1. The molecule has 0 spiro atoms. The molecule has 1 amide bonds. The maximum Gasteiger partial charge on any atom is 0.244 e. The monoisotopic (exact) mass is 466 g/mol. The molecule has 0 unspecified atom stereocenters. The van der Waals surface area contributed by atoms with E-state index in [4.69, 9.17) is 9.47 Å². The summed E-state index contributed by atoms with van der Waals surface area (Å²) in [5.41, 5.74) is 2.64. The van der Waals surface area contributed by atoms with Crippen LogP contribution in [0.3, 0.4) is 0 Å². The first-order valence-electron chi connectivity index (χ1n) is 10.6. The van der Waals surface area contributed by atoms with Gasteiger partial charge < -0.3 is 14.8 Å². The van der Waals surface area contributed by atoms with E-state index in [0.29, 0.717) is 17.9 Å². The van der Waals surface area contributed by atoms with Crippen LogP contribution in [0.5, 0.6) is 11.5 Å². The number of fused-ring (bicyclic) bond motifs is 1. The highest BCUT2D eigenvalue weighted by Gasteiger charge is 2.39. The van der Waals surface area contributed by atoms with E-state index in [2.05, 4.69) is 5.32 Å². The largest absolute Gasteiger partial charge is 0.497 e. The van der Waals surface area contributed by atoms with E-state index in [1.165, 1.54) is 4.31 Å². The van der Waals surface area contributed by atoms with Crippen LogP contribution in [0.25, 0.3) is 0 Å². The van der Waals surface area contributed by atoms with Gasteiger partial charge in [0.25, 0.3) is 0 Å². The third-order valence-electron chi connectivity index (χ3n) is 5.81. The molecule has 4 rings (SSSR count). The number of carbonyl (C=O) groups is 1. The molecule has 7 nitrogen and oxygen atoms in total. The van der Waals surface area contributed by atoms with Crippen LogP contribution in [0.1, 0.15) is 16.7 Å². The van der Waals surface area contributed by atoms with Gasteiger partial charge in [-0.15, -0.1) is 0 Å². The van der Waals surface area contributed by atoms with E-state index >= 15 is 0 Å². The summed E-state index contributed by atoms with van der Waals surface area (Å²) in [4.78, 5) is 13.5. The first kappa shape index (κ1) is 22.8. The van der Waals surface area contributed by atoms with Crippen molar-refractivity contribution in [1.29, 1.82) is 0 Å². The van der Waals surface area contributed by atoms with Gasteiger partial charge in [-0.1, -0.05) is 42.5 Å². The van der Waals surface area contributed by atoms with Gasteiger partial charge in [0.15, 0.2) is 0 Å². The van der Waals surface area contributed by atoms with Crippen molar-refractivity contribution in [3.63, 3.8) is 0 Å². The van der Waals surface area contributed by atoms with Crippen molar-refractivity contribution in [1.82, 2.24) is 9.62 Å². The Kier molecular flexibility index (Phi) is 6.67. The van der Waals surface area contributed by atoms with E-state index in [1.807, 2.05) is 30.3 Å². The number of sulfonamides is 1. The zero-order valence-corrected chi connectivity index (χ0v) is 19.3. The zero-order valence-electron chi connectivity index (χ0n) is 18.5. The highest BCUT2D eigenvalue weighted by molar-refractivity contribution is 7.89. The molecule has 1 atom stereocenters. The van der Waals surface area contributed by atoms with E-state index in [1.54, 1.807) is 56.7 Å². The number of carbonyl (C=O) groups excluding carboxylic acids is 1. The number of benzene rings is 3. The van der Waals surface area contributed by atoms with Crippen molar-refractivity contribution >= 4 is 15.9 Å². The molecular weight excluding hydrogens is 440 g/mol. The van der Waals surface area contributed by atoms with Gasteiger partial charge in [0.1, 0.15) is 17.5 Å². The van der Waals surface area contributed by atoms with Crippen LogP contribution in [0, 0.1) is 0 Å². The van der Waals surface area contributed by atoms with Gasteiger partial charge in [0, 0.05) is 24.7 Å². The number of rotatable bonds is 7. The van der Waals surface area contributed by atoms with Gasteiger partial charge in [-0.2, -0.15) is 4.31 Å². The molecule has 1 heterocycles. The van der Waals surface area contributed by atoms with E-state index < -0.39 is 16.1 Å². The molecule has 0 saturated carbocycles.